The van der Waals surface area contributed by atoms with E-state index >= 15 is 0 Å². The standard InChI is InChI=1S/C13H24O11/c1-22-11-10(19)13(21,8(17)6(3-15)24-11)12(20)4-23-5(2-14)7(16)9(12)18/h5-11,14-21H,2-4H2,1H3/t5-,6-,7-,8+,9+,10-,11+,12+,13+/m1/s1. The van der Waals surface area contributed by atoms with Gasteiger partial charge in [-0.15, -0.1) is 0 Å². The highest BCUT2D eigenvalue weighted by Gasteiger charge is 2.70. The van der Waals surface area contributed by atoms with Crippen LogP contribution in [0, 0.1) is 0 Å². The van der Waals surface area contributed by atoms with Crippen LogP contribution >= 0.6 is 0 Å². The summed E-state index contributed by atoms with van der Waals surface area (Å²) in [6, 6.07) is 0. The minimum absolute atomic E-state index is 0.666. The molecule has 0 amide bonds. The Hall–Kier alpha value is -0.440. The Labute approximate surface area is 137 Å². The third kappa shape index (κ3) is 2.66. The van der Waals surface area contributed by atoms with Crippen LogP contribution in [0.3, 0.4) is 0 Å². The second-order valence-electron chi connectivity index (χ2n) is 6.07. The van der Waals surface area contributed by atoms with Gasteiger partial charge in [-0.3, -0.25) is 0 Å². The van der Waals surface area contributed by atoms with Gasteiger partial charge in [0.1, 0.15) is 36.6 Å². The predicted octanol–water partition coefficient (Wildman–Crippen LogP) is -5.35. The van der Waals surface area contributed by atoms with Gasteiger partial charge in [0.25, 0.3) is 0 Å². The second-order valence-corrected chi connectivity index (χ2v) is 6.07. The molecule has 11 nitrogen and oxygen atoms in total. The van der Waals surface area contributed by atoms with Gasteiger partial charge in [0, 0.05) is 7.11 Å². The first-order valence-electron chi connectivity index (χ1n) is 7.37. The van der Waals surface area contributed by atoms with E-state index in [1.165, 1.54) is 0 Å². The molecule has 11 heteroatoms. The molecule has 0 aromatic heterocycles. The fraction of sp³-hybridized carbons (Fsp3) is 1.00. The Morgan fingerprint density at radius 1 is 0.958 bits per heavy atom. The highest BCUT2D eigenvalue weighted by Crippen LogP contribution is 2.43. The summed E-state index contributed by atoms with van der Waals surface area (Å²) in [7, 11) is 1.12. The summed E-state index contributed by atoms with van der Waals surface area (Å²) in [6.07, 6.45) is -12.2. The SMILES string of the molecule is CO[C@H]1O[C@H](CO)[C@H](O)[C@@](O)([C@]2(O)CO[C@H](CO)[C@@H](O)[C@@H]2O)[C@@H]1O. The van der Waals surface area contributed by atoms with E-state index in [0.717, 1.165) is 7.11 Å². The number of hydrogen-bond donors (Lipinski definition) is 8. The van der Waals surface area contributed by atoms with Crippen molar-refractivity contribution in [1.29, 1.82) is 0 Å². The molecule has 2 heterocycles. The summed E-state index contributed by atoms with van der Waals surface area (Å²) in [5.41, 5.74) is -5.62. The molecule has 0 aromatic carbocycles. The number of hydrogen-bond acceptors (Lipinski definition) is 11. The van der Waals surface area contributed by atoms with Crippen LogP contribution in [0.2, 0.25) is 0 Å². The molecule has 2 aliphatic heterocycles. The van der Waals surface area contributed by atoms with Gasteiger partial charge in [0.05, 0.1) is 19.8 Å². The molecule has 0 radical (unpaired) electrons. The Bertz CT molecular complexity index is 418. The summed E-state index contributed by atoms with van der Waals surface area (Å²) in [5, 5.41) is 80.9. The lowest BCUT2D eigenvalue weighted by molar-refractivity contribution is -0.391. The van der Waals surface area contributed by atoms with Crippen LogP contribution in [0.5, 0.6) is 0 Å². The Kier molecular flexibility index (Phi) is 5.84. The Balaban J connectivity index is 2.44. The van der Waals surface area contributed by atoms with Crippen LogP contribution in [0.25, 0.3) is 0 Å². The van der Waals surface area contributed by atoms with Gasteiger partial charge in [-0.25, -0.2) is 0 Å². The molecule has 0 unspecified atom stereocenters. The molecule has 2 rings (SSSR count). The molecule has 142 valence electrons. The number of ether oxygens (including phenoxy) is 3. The minimum atomic E-state index is -2.87. The smallest absolute Gasteiger partial charge is 0.186 e. The molecule has 0 aliphatic carbocycles. The maximum absolute atomic E-state index is 10.9. The first-order valence-corrected chi connectivity index (χ1v) is 7.37. The molecule has 9 atom stereocenters. The van der Waals surface area contributed by atoms with Gasteiger partial charge in [0.2, 0.25) is 0 Å². The average molecular weight is 356 g/mol. The topological polar surface area (TPSA) is 190 Å². The van der Waals surface area contributed by atoms with Crippen LogP contribution in [0.15, 0.2) is 0 Å². The molecular formula is C13H24O11. The second kappa shape index (κ2) is 7.05. The van der Waals surface area contributed by atoms with Gasteiger partial charge in [-0.05, 0) is 0 Å². The summed E-state index contributed by atoms with van der Waals surface area (Å²) in [5.74, 6) is 0. The lowest BCUT2D eigenvalue weighted by Gasteiger charge is -2.57. The highest BCUT2D eigenvalue weighted by atomic mass is 16.7. The summed E-state index contributed by atoms with van der Waals surface area (Å²) < 4.78 is 14.9. The quantitative estimate of drug-likeness (QED) is 0.240. The number of aliphatic hydroxyl groups excluding tert-OH is 6. The van der Waals surface area contributed by atoms with Gasteiger partial charge >= 0.3 is 0 Å². The number of aliphatic hydroxyl groups is 8. The van der Waals surface area contributed by atoms with Crippen LogP contribution in [-0.2, 0) is 14.2 Å². The zero-order valence-corrected chi connectivity index (χ0v) is 13.0. The maximum atomic E-state index is 10.9. The minimum Gasteiger partial charge on any atom is -0.394 e. The summed E-state index contributed by atoms with van der Waals surface area (Å²) in [6.45, 7) is -2.28. The van der Waals surface area contributed by atoms with Crippen LogP contribution < -0.4 is 0 Å². The molecule has 0 saturated carbocycles. The van der Waals surface area contributed by atoms with Gasteiger partial charge in [0.15, 0.2) is 17.5 Å². The van der Waals surface area contributed by atoms with Crippen molar-refractivity contribution >= 4 is 0 Å². The molecule has 2 saturated heterocycles. The third-order valence-electron chi connectivity index (χ3n) is 4.82. The lowest BCUT2D eigenvalue weighted by Crippen LogP contribution is -2.82. The largest absolute Gasteiger partial charge is 0.394 e. The Morgan fingerprint density at radius 2 is 1.54 bits per heavy atom. The highest BCUT2D eigenvalue weighted by molar-refractivity contribution is 5.18. The van der Waals surface area contributed by atoms with Crippen molar-refractivity contribution in [3.8, 4) is 0 Å². The first-order chi connectivity index (χ1) is 11.2. The van der Waals surface area contributed by atoms with Crippen molar-refractivity contribution in [1.82, 2.24) is 0 Å². The van der Waals surface area contributed by atoms with E-state index in [1.807, 2.05) is 0 Å². The maximum Gasteiger partial charge on any atom is 0.186 e. The van der Waals surface area contributed by atoms with Crippen LogP contribution in [-0.4, -0.2) is 122 Å². The van der Waals surface area contributed by atoms with E-state index in [1.54, 1.807) is 0 Å². The number of rotatable bonds is 4. The van der Waals surface area contributed by atoms with Crippen LogP contribution in [0.4, 0.5) is 0 Å². The van der Waals surface area contributed by atoms with Crippen molar-refractivity contribution in [3.05, 3.63) is 0 Å². The third-order valence-corrected chi connectivity index (χ3v) is 4.82. The molecular weight excluding hydrogens is 332 g/mol. The Morgan fingerprint density at radius 3 is 2.04 bits per heavy atom. The van der Waals surface area contributed by atoms with E-state index in [-0.39, 0.29) is 0 Å². The van der Waals surface area contributed by atoms with E-state index < -0.39 is 73.9 Å². The van der Waals surface area contributed by atoms with Crippen molar-refractivity contribution in [2.24, 2.45) is 0 Å². The molecule has 2 aliphatic rings. The van der Waals surface area contributed by atoms with Gasteiger partial charge < -0.3 is 55.1 Å². The molecule has 0 bridgehead atoms. The zero-order chi connectivity index (χ0) is 18.3. The van der Waals surface area contributed by atoms with Crippen molar-refractivity contribution in [2.75, 3.05) is 26.9 Å². The molecule has 0 spiro atoms. The average Bonchev–Trinajstić information content (AvgIpc) is 2.58. The summed E-state index contributed by atoms with van der Waals surface area (Å²) >= 11 is 0. The molecule has 2 fully saturated rings. The predicted molar refractivity (Wildman–Crippen MR) is 73.5 cm³/mol. The first kappa shape index (κ1) is 19.9. The lowest BCUT2D eigenvalue weighted by atomic mass is 9.66. The van der Waals surface area contributed by atoms with Crippen molar-refractivity contribution in [3.63, 3.8) is 0 Å². The van der Waals surface area contributed by atoms with Gasteiger partial charge in [-0.2, -0.15) is 0 Å². The van der Waals surface area contributed by atoms with Crippen LogP contribution in [0.1, 0.15) is 0 Å². The fourth-order valence-corrected chi connectivity index (χ4v) is 3.24. The fourth-order valence-electron chi connectivity index (χ4n) is 3.24. The molecule has 0 aromatic rings. The number of methoxy groups -OCH3 is 1. The van der Waals surface area contributed by atoms with E-state index in [2.05, 4.69) is 0 Å². The van der Waals surface area contributed by atoms with Gasteiger partial charge in [-0.1, -0.05) is 0 Å². The summed E-state index contributed by atoms with van der Waals surface area (Å²) in [4.78, 5) is 0. The van der Waals surface area contributed by atoms with E-state index in [4.69, 9.17) is 19.3 Å². The zero-order valence-electron chi connectivity index (χ0n) is 13.0. The molecule has 24 heavy (non-hydrogen) atoms. The van der Waals surface area contributed by atoms with E-state index in [0.29, 0.717) is 0 Å². The normalized spacial score (nSPS) is 53.1. The molecule has 8 N–H and O–H groups in total. The van der Waals surface area contributed by atoms with Crippen molar-refractivity contribution in [2.45, 2.75) is 54.1 Å². The van der Waals surface area contributed by atoms with E-state index in [9.17, 15) is 35.7 Å². The monoisotopic (exact) mass is 356 g/mol. The van der Waals surface area contributed by atoms with Crippen molar-refractivity contribution < 1.29 is 55.1 Å².